The van der Waals surface area contributed by atoms with Gasteiger partial charge in [-0.05, 0) is 31.4 Å². The number of hydrogen-bond acceptors (Lipinski definition) is 10. The molecule has 6 rings (SSSR count). The molecule has 49 heavy (non-hydrogen) atoms. The Bertz CT molecular complexity index is 1910. The van der Waals surface area contributed by atoms with Gasteiger partial charge in [-0.25, -0.2) is 23.7 Å². The van der Waals surface area contributed by atoms with Crippen LogP contribution in [-0.2, 0) is 20.8 Å². The van der Waals surface area contributed by atoms with Crippen LogP contribution in [-0.4, -0.2) is 63.9 Å². The molecular formula is C35H37F2N7O5. The lowest BCUT2D eigenvalue weighted by atomic mass is 10.1. The van der Waals surface area contributed by atoms with Gasteiger partial charge in [-0.3, -0.25) is 9.48 Å². The first-order valence-corrected chi connectivity index (χ1v) is 16.0. The molecule has 0 aliphatic carbocycles. The van der Waals surface area contributed by atoms with Crippen molar-refractivity contribution in [2.24, 2.45) is 5.92 Å². The van der Waals surface area contributed by atoms with Gasteiger partial charge in [0.05, 0.1) is 38.6 Å². The van der Waals surface area contributed by atoms with Crippen LogP contribution in [0.2, 0.25) is 0 Å². The van der Waals surface area contributed by atoms with E-state index in [1.54, 1.807) is 18.3 Å². The quantitative estimate of drug-likeness (QED) is 0.143. The van der Waals surface area contributed by atoms with Gasteiger partial charge in [0.25, 0.3) is 0 Å². The Labute approximate surface area is 281 Å². The van der Waals surface area contributed by atoms with Gasteiger partial charge < -0.3 is 29.6 Å². The molecule has 1 unspecified atom stereocenters. The van der Waals surface area contributed by atoms with Crippen molar-refractivity contribution in [2.75, 3.05) is 37.6 Å². The molecule has 1 saturated heterocycles. The number of halogens is 2. The van der Waals surface area contributed by atoms with E-state index in [0.717, 1.165) is 19.3 Å². The van der Waals surface area contributed by atoms with E-state index in [0.29, 0.717) is 52.9 Å². The molecule has 5 aromatic rings. The third-order valence-electron chi connectivity index (χ3n) is 7.83. The minimum atomic E-state index is -0.751. The summed E-state index contributed by atoms with van der Waals surface area (Å²) in [4.78, 5) is 24.8. The molecule has 1 amide bonds. The molecule has 2 atom stereocenters. The second-order valence-corrected chi connectivity index (χ2v) is 11.8. The van der Waals surface area contributed by atoms with Gasteiger partial charge in [0.2, 0.25) is 5.91 Å². The van der Waals surface area contributed by atoms with Crippen LogP contribution in [0, 0.1) is 17.6 Å². The Hall–Kier alpha value is -5.21. The van der Waals surface area contributed by atoms with Crippen LogP contribution in [0.25, 0.3) is 22.4 Å². The first kappa shape index (κ1) is 33.7. The highest BCUT2D eigenvalue weighted by atomic mass is 19.1. The summed E-state index contributed by atoms with van der Waals surface area (Å²) in [5.41, 5.74) is 1.47. The van der Waals surface area contributed by atoms with Crippen molar-refractivity contribution in [3.63, 3.8) is 0 Å². The molecule has 12 nitrogen and oxygen atoms in total. The highest BCUT2D eigenvalue weighted by Gasteiger charge is 2.21. The summed E-state index contributed by atoms with van der Waals surface area (Å²) in [6.45, 7) is 4.49. The standard InChI is InChI=1S/C35H37F2N7O5/c1-21(20-49-32-10-6-7-13-47-32)19-48-24-15-27(36)26(28(37)16-24)18-44-29-9-5-4-8-25(29)33(43-44)35-39-17-30(46-3)34(42-35)41-23-11-12-38-31(14-23)40-22(2)45/h4-5,8-9,11-12,14-17,21,32H,6-7,10,13,18-20H2,1-3H3,(H2,38,39,40,41,42,45)/t21-,32?/m0/s1. The summed E-state index contributed by atoms with van der Waals surface area (Å²) in [7, 11) is 1.49. The summed E-state index contributed by atoms with van der Waals surface area (Å²) in [6.07, 6.45) is 5.80. The molecule has 0 spiro atoms. The number of nitrogens with zero attached hydrogens (tertiary/aromatic N) is 5. The normalized spacial score (nSPS) is 15.2. The molecule has 1 fully saturated rings. The molecule has 4 heterocycles. The van der Waals surface area contributed by atoms with Crippen molar-refractivity contribution < 1.29 is 32.5 Å². The number of benzene rings is 2. The first-order chi connectivity index (χ1) is 23.8. The first-order valence-electron chi connectivity index (χ1n) is 16.0. The van der Waals surface area contributed by atoms with Gasteiger partial charge in [-0.15, -0.1) is 0 Å². The lowest BCUT2D eigenvalue weighted by Gasteiger charge is -2.24. The highest BCUT2D eigenvalue weighted by Crippen LogP contribution is 2.32. The number of fused-ring (bicyclic) bond motifs is 1. The van der Waals surface area contributed by atoms with Crippen LogP contribution < -0.4 is 20.1 Å². The average molecular weight is 674 g/mol. The van der Waals surface area contributed by atoms with E-state index in [2.05, 4.69) is 25.6 Å². The van der Waals surface area contributed by atoms with Crippen molar-refractivity contribution >= 4 is 34.1 Å². The van der Waals surface area contributed by atoms with E-state index in [1.165, 1.54) is 37.0 Å². The highest BCUT2D eigenvalue weighted by molar-refractivity contribution is 5.92. The van der Waals surface area contributed by atoms with Crippen LogP contribution in [0.3, 0.4) is 0 Å². The lowest BCUT2D eigenvalue weighted by molar-refractivity contribution is -0.169. The summed E-state index contributed by atoms with van der Waals surface area (Å²) in [5, 5.41) is 11.2. The number of carbonyl (C=O) groups is 1. The van der Waals surface area contributed by atoms with Gasteiger partial charge in [-0.1, -0.05) is 25.1 Å². The number of methoxy groups -OCH3 is 1. The third-order valence-corrected chi connectivity index (χ3v) is 7.83. The molecular weight excluding hydrogens is 636 g/mol. The maximum absolute atomic E-state index is 15.4. The van der Waals surface area contributed by atoms with E-state index < -0.39 is 11.6 Å². The van der Waals surface area contributed by atoms with Gasteiger partial charge in [0, 0.05) is 60.5 Å². The van der Waals surface area contributed by atoms with Gasteiger partial charge in [0.15, 0.2) is 23.7 Å². The van der Waals surface area contributed by atoms with E-state index in [-0.39, 0.29) is 48.4 Å². The molecule has 1 aliphatic rings. The number of rotatable bonds is 13. The van der Waals surface area contributed by atoms with Crippen molar-refractivity contribution in [3.05, 3.63) is 78.1 Å². The van der Waals surface area contributed by atoms with Gasteiger partial charge in [-0.2, -0.15) is 5.10 Å². The fourth-order valence-electron chi connectivity index (χ4n) is 5.40. The second kappa shape index (κ2) is 15.3. The van der Waals surface area contributed by atoms with Crippen LogP contribution in [0.5, 0.6) is 11.5 Å². The fourth-order valence-corrected chi connectivity index (χ4v) is 5.40. The number of anilines is 3. The summed E-state index contributed by atoms with van der Waals surface area (Å²) in [5.74, 6) is -0.361. The van der Waals surface area contributed by atoms with Crippen LogP contribution in [0.15, 0.2) is 60.9 Å². The summed E-state index contributed by atoms with van der Waals surface area (Å²) >= 11 is 0. The van der Waals surface area contributed by atoms with Gasteiger partial charge >= 0.3 is 0 Å². The zero-order valence-electron chi connectivity index (χ0n) is 27.4. The zero-order chi connectivity index (χ0) is 34.3. The molecule has 0 saturated carbocycles. The minimum Gasteiger partial charge on any atom is -0.493 e. The molecule has 2 aromatic carbocycles. The van der Waals surface area contributed by atoms with Crippen LogP contribution in [0.1, 0.15) is 38.7 Å². The van der Waals surface area contributed by atoms with Crippen molar-refractivity contribution in [3.8, 4) is 23.0 Å². The summed E-state index contributed by atoms with van der Waals surface area (Å²) in [6, 6.07) is 13.0. The summed E-state index contributed by atoms with van der Waals surface area (Å²) < 4.78 is 54.9. The topological polar surface area (TPSA) is 135 Å². The lowest BCUT2D eigenvalue weighted by Crippen LogP contribution is -2.26. The molecule has 2 N–H and O–H groups in total. The number of nitrogens with one attached hydrogen (secondary N) is 2. The van der Waals surface area contributed by atoms with Crippen LogP contribution in [0.4, 0.5) is 26.1 Å². The average Bonchev–Trinajstić information content (AvgIpc) is 3.46. The van der Waals surface area contributed by atoms with Crippen molar-refractivity contribution in [2.45, 2.75) is 45.9 Å². The molecule has 0 bridgehead atoms. The second-order valence-electron chi connectivity index (χ2n) is 11.8. The Balaban J connectivity index is 1.20. The number of pyridine rings is 1. The monoisotopic (exact) mass is 673 g/mol. The molecule has 1 aliphatic heterocycles. The zero-order valence-corrected chi connectivity index (χ0v) is 27.4. The Morgan fingerprint density at radius 3 is 2.67 bits per heavy atom. The predicted octanol–water partition coefficient (Wildman–Crippen LogP) is 6.48. The molecule has 256 valence electrons. The van der Waals surface area contributed by atoms with E-state index in [1.807, 2.05) is 31.2 Å². The molecule has 14 heteroatoms. The number of ether oxygens (including phenoxy) is 4. The molecule has 3 aromatic heterocycles. The fraction of sp³-hybridized carbons (Fsp3) is 0.343. The van der Waals surface area contributed by atoms with Crippen molar-refractivity contribution in [1.82, 2.24) is 24.7 Å². The number of aromatic nitrogens is 5. The minimum absolute atomic E-state index is 0.00742. The van der Waals surface area contributed by atoms with Crippen molar-refractivity contribution in [1.29, 1.82) is 0 Å². The maximum atomic E-state index is 15.4. The number of para-hydroxylation sites is 1. The Morgan fingerprint density at radius 2 is 1.92 bits per heavy atom. The largest absolute Gasteiger partial charge is 0.493 e. The Morgan fingerprint density at radius 1 is 1.10 bits per heavy atom. The van der Waals surface area contributed by atoms with Gasteiger partial charge in [0.1, 0.15) is 28.9 Å². The SMILES string of the molecule is COc1cnc(-c2nn(Cc3c(F)cc(OC[C@H](C)COC4CCCCO4)cc3F)c3ccccc23)nc1Nc1ccnc(NC(C)=O)c1. The number of amides is 1. The van der Waals surface area contributed by atoms with E-state index >= 15 is 8.78 Å². The van der Waals surface area contributed by atoms with E-state index in [4.69, 9.17) is 24.0 Å². The predicted molar refractivity (Wildman–Crippen MR) is 179 cm³/mol. The molecule has 0 radical (unpaired) electrons. The smallest absolute Gasteiger partial charge is 0.222 e. The van der Waals surface area contributed by atoms with E-state index in [9.17, 15) is 4.79 Å². The van der Waals surface area contributed by atoms with Crippen LogP contribution >= 0.6 is 0 Å². The third kappa shape index (κ3) is 8.27. The number of hydrogen-bond donors (Lipinski definition) is 2. The Kier molecular flexibility index (Phi) is 10.5. The maximum Gasteiger partial charge on any atom is 0.222 e. The number of carbonyl (C=O) groups excluding carboxylic acids is 1.